The maximum absolute atomic E-state index is 10.8. The first kappa shape index (κ1) is 11.3. The number of hydrogen-bond acceptors (Lipinski definition) is 1. The van der Waals surface area contributed by atoms with E-state index in [1.165, 1.54) is 4.90 Å². The van der Waals surface area contributed by atoms with Crippen molar-refractivity contribution in [2.75, 3.05) is 13.1 Å². The summed E-state index contributed by atoms with van der Waals surface area (Å²) in [6, 6.07) is 9.61. The Balaban J connectivity index is 2.67. The second kappa shape index (κ2) is 5.20. The molecular weight excluding hydrogens is 190 g/mol. The summed E-state index contributed by atoms with van der Waals surface area (Å²) in [6.07, 6.45) is -0.908. The second-order valence-electron chi connectivity index (χ2n) is 3.27. The Hall–Kier alpha value is -1.77. The molecule has 0 aliphatic carbocycles. The highest BCUT2D eigenvalue weighted by molar-refractivity contribution is 5.71. The average Bonchev–Trinajstić information content (AvgIpc) is 2.26. The molecule has 1 aromatic rings. The van der Waals surface area contributed by atoms with Crippen LogP contribution in [0.25, 0.3) is 5.57 Å². The Morgan fingerprint density at radius 2 is 2.00 bits per heavy atom. The molecule has 0 aromatic heterocycles. The average molecular weight is 205 g/mol. The van der Waals surface area contributed by atoms with Gasteiger partial charge in [-0.15, -0.1) is 0 Å². The number of amides is 1. The SMILES string of the molecule is C=C(CN(CC)C(=O)O)c1ccccc1. The fourth-order valence-electron chi connectivity index (χ4n) is 1.31. The van der Waals surface area contributed by atoms with Crippen molar-refractivity contribution < 1.29 is 9.90 Å². The number of nitrogens with zero attached hydrogens (tertiary/aromatic N) is 1. The van der Waals surface area contributed by atoms with E-state index in [-0.39, 0.29) is 0 Å². The predicted molar refractivity (Wildman–Crippen MR) is 60.7 cm³/mol. The van der Waals surface area contributed by atoms with Gasteiger partial charge in [0.1, 0.15) is 0 Å². The van der Waals surface area contributed by atoms with Gasteiger partial charge in [0.25, 0.3) is 0 Å². The van der Waals surface area contributed by atoms with Crippen molar-refractivity contribution in [3.8, 4) is 0 Å². The first-order chi connectivity index (χ1) is 7.15. The van der Waals surface area contributed by atoms with E-state index in [9.17, 15) is 4.79 Å². The largest absolute Gasteiger partial charge is 0.465 e. The lowest BCUT2D eigenvalue weighted by Gasteiger charge is -2.18. The second-order valence-corrected chi connectivity index (χ2v) is 3.27. The topological polar surface area (TPSA) is 40.5 Å². The number of carboxylic acid groups (broad SMARTS) is 1. The minimum absolute atomic E-state index is 0.357. The Labute approximate surface area is 89.6 Å². The van der Waals surface area contributed by atoms with Crippen LogP contribution >= 0.6 is 0 Å². The molecule has 0 spiro atoms. The Morgan fingerprint density at radius 1 is 1.40 bits per heavy atom. The molecule has 0 aliphatic rings. The highest BCUT2D eigenvalue weighted by Crippen LogP contribution is 2.12. The summed E-state index contributed by atoms with van der Waals surface area (Å²) in [6.45, 7) is 6.53. The van der Waals surface area contributed by atoms with Crippen LogP contribution in [0.2, 0.25) is 0 Å². The third kappa shape index (κ3) is 3.13. The molecule has 0 bridgehead atoms. The number of hydrogen-bond donors (Lipinski definition) is 1. The first-order valence-corrected chi connectivity index (χ1v) is 4.86. The van der Waals surface area contributed by atoms with Crippen LogP contribution in [-0.2, 0) is 0 Å². The van der Waals surface area contributed by atoms with Gasteiger partial charge in [0.2, 0.25) is 0 Å². The van der Waals surface area contributed by atoms with E-state index in [1.54, 1.807) is 0 Å². The quantitative estimate of drug-likeness (QED) is 0.821. The number of rotatable bonds is 4. The van der Waals surface area contributed by atoms with Crippen LogP contribution in [0, 0.1) is 0 Å². The molecule has 3 nitrogen and oxygen atoms in total. The van der Waals surface area contributed by atoms with E-state index in [2.05, 4.69) is 6.58 Å². The van der Waals surface area contributed by atoms with Crippen molar-refractivity contribution in [1.29, 1.82) is 0 Å². The van der Waals surface area contributed by atoms with Gasteiger partial charge in [-0.3, -0.25) is 0 Å². The third-order valence-electron chi connectivity index (χ3n) is 2.22. The molecule has 15 heavy (non-hydrogen) atoms. The van der Waals surface area contributed by atoms with Crippen molar-refractivity contribution in [2.45, 2.75) is 6.92 Å². The van der Waals surface area contributed by atoms with E-state index in [0.717, 1.165) is 11.1 Å². The van der Waals surface area contributed by atoms with E-state index in [1.807, 2.05) is 37.3 Å². The molecule has 0 fully saturated rings. The molecule has 80 valence electrons. The van der Waals surface area contributed by atoms with Crippen LogP contribution in [-0.4, -0.2) is 29.2 Å². The zero-order valence-electron chi connectivity index (χ0n) is 8.81. The molecule has 1 N–H and O–H groups in total. The maximum atomic E-state index is 10.8. The van der Waals surface area contributed by atoms with Gasteiger partial charge in [-0.1, -0.05) is 36.9 Å². The minimum atomic E-state index is -0.908. The van der Waals surface area contributed by atoms with E-state index in [0.29, 0.717) is 13.1 Å². The lowest BCUT2D eigenvalue weighted by molar-refractivity contribution is 0.153. The summed E-state index contributed by atoms with van der Waals surface area (Å²) >= 11 is 0. The summed E-state index contributed by atoms with van der Waals surface area (Å²) < 4.78 is 0. The molecule has 0 atom stereocenters. The van der Waals surface area contributed by atoms with Gasteiger partial charge >= 0.3 is 6.09 Å². The zero-order chi connectivity index (χ0) is 11.3. The van der Waals surface area contributed by atoms with Crippen LogP contribution in [0.5, 0.6) is 0 Å². The van der Waals surface area contributed by atoms with E-state index >= 15 is 0 Å². The number of carbonyl (C=O) groups is 1. The summed E-state index contributed by atoms with van der Waals surface area (Å²) in [5.41, 5.74) is 1.80. The molecule has 0 unspecified atom stereocenters. The molecule has 0 heterocycles. The van der Waals surface area contributed by atoms with Gasteiger partial charge in [-0.05, 0) is 18.1 Å². The van der Waals surface area contributed by atoms with Crippen molar-refractivity contribution in [2.24, 2.45) is 0 Å². The Kier molecular flexibility index (Phi) is 3.92. The lowest BCUT2D eigenvalue weighted by atomic mass is 10.1. The molecule has 1 rings (SSSR count). The molecule has 0 saturated carbocycles. The Morgan fingerprint density at radius 3 is 2.47 bits per heavy atom. The molecule has 0 aliphatic heterocycles. The predicted octanol–water partition coefficient (Wildman–Crippen LogP) is 2.70. The van der Waals surface area contributed by atoms with Gasteiger partial charge in [0.15, 0.2) is 0 Å². The van der Waals surface area contributed by atoms with Gasteiger partial charge in [0, 0.05) is 13.1 Å². The lowest BCUT2D eigenvalue weighted by Crippen LogP contribution is -2.30. The highest BCUT2D eigenvalue weighted by Gasteiger charge is 2.10. The summed E-state index contributed by atoms with van der Waals surface area (Å²) in [5.74, 6) is 0. The molecule has 3 heteroatoms. The van der Waals surface area contributed by atoms with Crippen molar-refractivity contribution in [3.63, 3.8) is 0 Å². The van der Waals surface area contributed by atoms with Crippen LogP contribution in [0.15, 0.2) is 36.9 Å². The van der Waals surface area contributed by atoms with E-state index < -0.39 is 6.09 Å². The monoisotopic (exact) mass is 205 g/mol. The smallest absolute Gasteiger partial charge is 0.407 e. The maximum Gasteiger partial charge on any atom is 0.407 e. The number of benzene rings is 1. The molecule has 1 amide bonds. The van der Waals surface area contributed by atoms with E-state index in [4.69, 9.17) is 5.11 Å². The van der Waals surface area contributed by atoms with Crippen molar-refractivity contribution in [3.05, 3.63) is 42.5 Å². The zero-order valence-corrected chi connectivity index (χ0v) is 8.81. The van der Waals surface area contributed by atoms with Crippen LogP contribution < -0.4 is 0 Å². The van der Waals surface area contributed by atoms with Crippen LogP contribution in [0.4, 0.5) is 4.79 Å². The normalized spacial score (nSPS) is 9.67. The van der Waals surface area contributed by atoms with Crippen molar-refractivity contribution in [1.82, 2.24) is 4.90 Å². The molecule has 0 saturated heterocycles. The minimum Gasteiger partial charge on any atom is -0.465 e. The molecule has 1 aromatic carbocycles. The Bertz CT molecular complexity index is 346. The van der Waals surface area contributed by atoms with Crippen LogP contribution in [0.1, 0.15) is 12.5 Å². The highest BCUT2D eigenvalue weighted by atomic mass is 16.4. The molecule has 0 radical (unpaired) electrons. The fourth-order valence-corrected chi connectivity index (χ4v) is 1.31. The first-order valence-electron chi connectivity index (χ1n) is 4.86. The fraction of sp³-hybridized carbons (Fsp3) is 0.250. The summed E-state index contributed by atoms with van der Waals surface area (Å²) in [7, 11) is 0. The third-order valence-corrected chi connectivity index (χ3v) is 2.22. The van der Waals surface area contributed by atoms with Gasteiger partial charge in [-0.25, -0.2) is 4.79 Å². The van der Waals surface area contributed by atoms with Gasteiger partial charge < -0.3 is 10.0 Å². The van der Waals surface area contributed by atoms with Crippen LogP contribution in [0.3, 0.4) is 0 Å². The standard InChI is InChI=1S/C12H15NO2/c1-3-13(12(14)15)9-10(2)11-7-5-4-6-8-11/h4-8H,2-3,9H2,1H3,(H,14,15). The summed E-state index contributed by atoms with van der Waals surface area (Å²) in [4.78, 5) is 12.1. The van der Waals surface area contributed by atoms with Crippen molar-refractivity contribution >= 4 is 11.7 Å². The molecular formula is C12H15NO2. The van der Waals surface area contributed by atoms with Gasteiger partial charge in [0.05, 0.1) is 0 Å². The number of likely N-dealkylation sites (N-methyl/N-ethyl adjacent to an activating group) is 1. The summed E-state index contributed by atoms with van der Waals surface area (Å²) in [5, 5.41) is 8.85. The van der Waals surface area contributed by atoms with Gasteiger partial charge in [-0.2, -0.15) is 0 Å².